The van der Waals surface area contributed by atoms with Gasteiger partial charge in [0.15, 0.2) is 0 Å². The number of nitrogens with one attached hydrogen (secondary N) is 1. The number of hydrogen-bond donors (Lipinski definition) is 1. The highest BCUT2D eigenvalue weighted by Gasteiger charge is 2.37. The molecule has 0 aromatic heterocycles. The lowest BCUT2D eigenvalue weighted by Crippen LogP contribution is -2.53. The Morgan fingerprint density at radius 1 is 0.780 bits per heavy atom. The van der Waals surface area contributed by atoms with Gasteiger partial charge in [-0.15, -0.1) is 0 Å². The Balaban J connectivity index is 1.33. The second-order valence-corrected chi connectivity index (χ2v) is 12.5. The predicted octanol–water partition coefficient (Wildman–Crippen LogP) is 8.50. The third-order valence-electron chi connectivity index (χ3n) is 8.66. The van der Waals surface area contributed by atoms with Crippen LogP contribution in [0.5, 0.6) is 0 Å². The molecule has 0 spiro atoms. The number of benzene rings is 4. The number of halogens is 6. The number of carbonyl (C=O) groups is 1. The summed E-state index contributed by atoms with van der Waals surface area (Å²) in [5.41, 5.74) is 1.75. The van der Waals surface area contributed by atoms with Crippen LogP contribution >= 0.6 is 0 Å². The lowest BCUT2D eigenvalue weighted by atomic mass is 10.0. The highest BCUT2D eigenvalue weighted by Crippen LogP contribution is 2.36. The van der Waals surface area contributed by atoms with Crippen molar-refractivity contribution in [2.75, 3.05) is 45.1 Å². The first kappa shape index (κ1) is 36.4. The maximum Gasteiger partial charge on any atom is 0.416 e. The summed E-state index contributed by atoms with van der Waals surface area (Å²) in [6.07, 6.45) is -10.1. The van der Waals surface area contributed by atoms with Gasteiger partial charge in [0.25, 0.3) is 0 Å². The minimum atomic E-state index is -4.95. The molecule has 264 valence electrons. The van der Waals surface area contributed by atoms with Crippen molar-refractivity contribution < 1.29 is 31.1 Å². The standard InChI is InChI=1S/C38H39F6N5O/c1-26-9-13-32(14-10-26)45-36(46-33-15-11-27(2)12-16-33)49-21-19-48(20-22-49)34(29-7-5-4-6-8-29)35(50)47(3)18-17-28-23-30(37(39,40)41)25-31(24-28)38(42,43)44/h4-16,23-25,34H,17-22H2,1-3H3,(H,45,46). The number of aliphatic imine (C=N–C) groups is 1. The first-order valence-corrected chi connectivity index (χ1v) is 16.2. The number of amides is 1. The Bertz CT molecular complexity index is 1730. The number of hydrogen-bond acceptors (Lipinski definition) is 3. The molecule has 1 unspecified atom stereocenters. The summed E-state index contributed by atoms with van der Waals surface area (Å²) >= 11 is 0. The molecule has 1 fully saturated rings. The summed E-state index contributed by atoms with van der Waals surface area (Å²) in [6, 6.07) is 25.9. The van der Waals surface area contributed by atoms with Crippen molar-refractivity contribution in [3.63, 3.8) is 0 Å². The van der Waals surface area contributed by atoms with Gasteiger partial charge in [-0.2, -0.15) is 26.3 Å². The normalized spacial score (nSPS) is 15.1. The molecule has 1 N–H and O–H groups in total. The predicted molar refractivity (Wildman–Crippen MR) is 183 cm³/mol. The zero-order valence-electron chi connectivity index (χ0n) is 28.0. The summed E-state index contributed by atoms with van der Waals surface area (Å²) in [7, 11) is 1.52. The van der Waals surface area contributed by atoms with Gasteiger partial charge in [0.1, 0.15) is 6.04 Å². The van der Waals surface area contributed by atoms with Crippen LogP contribution in [-0.4, -0.2) is 66.3 Å². The summed E-state index contributed by atoms with van der Waals surface area (Å²) in [6.45, 7) is 6.00. The number of rotatable bonds is 8. The van der Waals surface area contributed by atoms with Crippen LogP contribution in [0.25, 0.3) is 0 Å². The van der Waals surface area contributed by atoms with Crippen molar-refractivity contribution >= 4 is 23.2 Å². The number of aryl methyl sites for hydroxylation is 2. The van der Waals surface area contributed by atoms with Gasteiger partial charge in [-0.05, 0) is 73.9 Å². The SMILES string of the molecule is Cc1ccc(N=C(Nc2ccc(C)cc2)N2CCN(C(C(=O)N(C)CCc3cc(C(F)(F)F)cc(C(F)(F)F)c3)c3ccccc3)CC2)cc1. The summed E-state index contributed by atoms with van der Waals surface area (Å²) < 4.78 is 80.6. The molecule has 0 radical (unpaired) electrons. The van der Waals surface area contributed by atoms with Crippen LogP contribution in [0.4, 0.5) is 37.7 Å². The van der Waals surface area contributed by atoms with E-state index < -0.39 is 29.5 Å². The van der Waals surface area contributed by atoms with Crippen molar-refractivity contribution in [2.24, 2.45) is 4.99 Å². The highest BCUT2D eigenvalue weighted by atomic mass is 19.4. The largest absolute Gasteiger partial charge is 0.416 e. The molecular formula is C38H39F6N5O. The van der Waals surface area contributed by atoms with Crippen molar-refractivity contribution in [1.82, 2.24) is 14.7 Å². The number of guanidine groups is 1. The van der Waals surface area contributed by atoms with Crippen LogP contribution in [0, 0.1) is 13.8 Å². The van der Waals surface area contributed by atoms with E-state index in [1.54, 1.807) is 0 Å². The van der Waals surface area contributed by atoms with E-state index in [1.165, 1.54) is 11.9 Å². The molecule has 1 saturated heterocycles. The van der Waals surface area contributed by atoms with Gasteiger partial charge in [0.05, 0.1) is 16.8 Å². The Morgan fingerprint density at radius 2 is 1.32 bits per heavy atom. The monoisotopic (exact) mass is 695 g/mol. The van der Waals surface area contributed by atoms with Gasteiger partial charge in [-0.25, -0.2) is 4.99 Å². The van der Waals surface area contributed by atoms with Crippen LogP contribution < -0.4 is 5.32 Å². The van der Waals surface area contributed by atoms with Crippen LogP contribution in [0.2, 0.25) is 0 Å². The number of anilines is 1. The number of carbonyl (C=O) groups excluding carboxylic acids is 1. The average molecular weight is 696 g/mol. The molecule has 12 heteroatoms. The molecule has 0 aliphatic carbocycles. The molecule has 4 aromatic rings. The van der Waals surface area contributed by atoms with Crippen molar-refractivity contribution in [1.29, 1.82) is 0 Å². The van der Waals surface area contributed by atoms with E-state index in [-0.39, 0.29) is 30.5 Å². The number of alkyl halides is 6. The fourth-order valence-corrected chi connectivity index (χ4v) is 5.80. The van der Waals surface area contributed by atoms with Crippen LogP contribution in [0.15, 0.2) is 102 Å². The van der Waals surface area contributed by atoms with Crippen molar-refractivity contribution in [2.45, 2.75) is 38.7 Å². The molecule has 5 rings (SSSR count). The first-order valence-electron chi connectivity index (χ1n) is 16.2. The third-order valence-corrected chi connectivity index (χ3v) is 8.66. The summed E-state index contributed by atoms with van der Waals surface area (Å²) in [5.74, 6) is 0.357. The van der Waals surface area contributed by atoms with Gasteiger partial charge in [0.2, 0.25) is 11.9 Å². The summed E-state index contributed by atoms with van der Waals surface area (Å²) in [4.78, 5) is 24.5. The molecule has 1 atom stereocenters. The number of likely N-dealkylation sites (N-methyl/N-ethyl adjacent to an activating group) is 1. The number of piperazine rings is 1. The zero-order chi connectivity index (χ0) is 36.1. The topological polar surface area (TPSA) is 51.2 Å². The van der Waals surface area contributed by atoms with Gasteiger partial charge < -0.3 is 15.1 Å². The Kier molecular flexibility index (Phi) is 11.2. The minimum absolute atomic E-state index is 0.0748. The Hall–Kier alpha value is -4.84. The van der Waals surface area contributed by atoms with Crippen LogP contribution in [0.3, 0.4) is 0 Å². The van der Waals surface area contributed by atoms with Crippen LogP contribution in [0.1, 0.15) is 39.4 Å². The van der Waals surface area contributed by atoms with E-state index in [0.29, 0.717) is 44.3 Å². The van der Waals surface area contributed by atoms with Crippen molar-refractivity contribution in [3.8, 4) is 0 Å². The Morgan fingerprint density at radius 3 is 1.86 bits per heavy atom. The molecular weight excluding hydrogens is 656 g/mol. The van der Waals surface area contributed by atoms with E-state index in [9.17, 15) is 31.1 Å². The zero-order valence-corrected chi connectivity index (χ0v) is 28.0. The van der Waals surface area contributed by atoms with Crippen molar-refractivity contribution in [3.05, 3.63) is 130 Å². The molecule has 6 nitrogen and oxygen atoms in total. The van der Waals surface area contributed by atoms with Gasteiger partial charge in [-0.1, -0.05) is 65.7 Å². The minimum Gasteiger partial charge on any atom is -0.344 e. The van der Waals surface area contributed by atoms with Gasteiger partial charge in [-0.3, -0.25) is 9.69 Å². The van der Waals surface area contributed by atoms with E-state index in [1.807, 2.05) is 97.6 Å². The van der Waals surface area contributed by atoms with Crippen LogP contribution in [-0.2, 0) is 23.6 Å². The van der Waals surface area contributed by atoms with E-state index in [2.05, 4.69) is 10.2 Å². The maximum absolute atomic E-state index is 14.0. The summed E-state index contributed by atoms with van der Waals surface area (Å²) in [5, 5.41) is 3.46. The molecule has 4 aromatic carbocycles. The second-order valence-electron chi connectivity index (χ2n) is 12.5. The van der Waals surface area contributed by atoms with Gasteiger partial charge >= 0.3 is 12.4 Å². The molecule has 1 heterocycles. The lowest BCUT2D eigenvalue weighted by molar-refractivity contribution is -0.143. The Labute approximate surface area is 288 Å². The van der Waals surface area contributed by atoms with E-state index in [4.69, 9.17) is 4.99 Å². The van der Waals surface area contributed by atoms with E-state index >= 15 is 0 Å². The highest BCUT2D eigenvalue weighted by molar-refractivity contribution is 5.95. The number of nitrogens with zero attached hydrogens (tertiary/aromatic N) is 4. The molecule has 0 bridgehead atoms. The fraction of sp³-hybridized carbons (Fsp3) is 0.316. The van der Waals surface area contributed by atoms with Gasteiger partial charge in [0, 0.05) is 45.5 Å². The average Bonchev–Trinajstić information content (AvgIpc) is 3.09. The fourth-order valence-electron chi connectivity index (χ4n) is 5.80. The molecule has 50 heavy (non-hydrogen) atoms. The molecule has 1 amide bonds. The molecule has 0 saturated carbocycles. The third kappa shape index (κ3) is 9.44. The second kappa shape index (κ2) is 15.4. The molecule has 1 aliphatic rings. The maximum atomic E-state index is 14.0. The first-order chi connectivity index (χ1) is 23.7. The van der Waals surface area contributed by atoms with E-state index in [0.717, 1.165) is 28.1 Å². The lowest BCUT2D eigenvalue weighted by Gasteiger charge is -2.41. The smallest absolute Gasteiger partial charge is 0.344 e. The molecule has 1 aliphatic heterocycles. The quantitative estimate of drug-likeness (QED) is 0.114.